The largest absolute Gasteiger partial charge is 0.292 e. The number of imidazole rings is 1. The van der Waals surface area contributed by atoms with Gasteiger partial charge >= 0.3 is 0 Å². The molecule has 2 heteroatoms. The van der Waals surface area contributed by atoms with Crippen LogP contribution >= 0.6 is 0 Å². The highest BCUT2D eigenvalue weighted by molar-refractivity contribution is 6.22. The van der Waals surface area contributed by atoms with E-state index in [4.69, 9.17) is 4.98 Å². The van der Waals surface area contributed by atoms with Crippen LogP contribution in [0.3, 0.4) is 0 Å². The third-order valence-electron chi connectivity index (χ3n) is 9.20. The molecule has 0 aliphatic rings. The summed E-state index contributed by atoms with van der Waals surface area (Å²) in [5, 5.41) is 4.92. The quantitative estimate of drug-likeness (QED) is 0.180. The Morgan fingerprint density at radius 3 is 1.51 bits per heavy atom. The third-order valence-corrected chi connectivity index (χ3v) is 9.20. The Labute approximate surface area is 273 Å². The number of benzene rings is 8. The highest BCUT2D eigenvalue weighted by atomic mass is 15.1. The molecule has 9 rings (SSSR count). The van der Waals surface area contributed by atoms with E-state index < -0.39 is 0 Å². The summed E-state index contributed by atoms with van der Waals surface area (Å²) in [6.07, 6.45) is 0. The van der Waals surface area contributed by atoms with Gasteiger partial charge in [0.05, 0.1) is 11.0 Å². The molecule has 0 aliphatic heterocycles. The van der Waals surface area contributed by atoms with Crippen molar-refractivity contribution in [3.8, 4) is 50.5 Å². The van der Waals surface area contributed by atoms with Crippen molar-refractivity contribution in [3.05, 3.63) is 182 Å². The molecule has 0 aliphatic carbocycles. The summed E-state index contributed by atoms with van der Waals surface area (Å²) in [5.74, 6) is 0.931. The minimum Gasteiger partial charge on any atom is -0.292 e. The van der Waals surface area contributed by atoms with E-state index in [0.29, 0.717) is 0 Å². The van der Waals surface area contributed by atoms with Gasteiger partial charge in [0.2, 0.25) is 0 Å². The summed E-state index contributed by atoms with van der Waals surface area (Å²) < 4.78 is 2.28. The van der Waals surface area contributed by atoms with Gasteiger partial charge in [0.25, 0.3) is 0 Å². The van der Waals surface area contributed by atoms with Gasteiger partial charge in [0.15, 0.2) is 0 Å². The van der Waals surface area contributed by atoms with Crippen LogP contribution < -0.4 is 0 Å². The molecule has 0 fully saturated rings. The van der Waals surface area contributed by atoms with Crippen LogP contribution in [0.5, 0.6) is 0 Å². The van der Waals surface area contributed by atoms with Crippen LogP contribution in [0, 0.1) is 0 Å². The van der Waals surface area contributed by atoms with E-state index in [2.05, 4.69) is 187 Å². The Hall–Kier alpha value is -6.25. The zero-order valence-electron chi connectivity index (χ0n) is 25.7. The predicted octanol–water partition coefficient (Wildman–Crippen LogP) is 12.0. The first-order chi connectivity index (χ1) is 23.3. The maximum atomic E-state index is 5.21. The van der Waals surface area contributed by atoms with E-state index in [9.17, 15) is 0 Å². The van der Waals surface area contributed by atoms with Crippen LogP contribution in [-0.2, 0) is 0 Å². The lowest BCUT2D eigenvalue weighted by molar-refractivity contribution is 1.10. The summed E-state index contributed by atoms with van der Waals surface area (Å²) in [4.78, 5) is 5.21. The Bertz CT molecular complexity index is 2530. The highest BCUT2D eigenvalue weighted by Gasteiger charge is 2.20. The molecule has 0 bridgehead atoms. The molecule has 0 atom stereocenters. The van der Waals surface area contributed by atoms with Gasteiger partial charge in [-0.3, -0.25) is 4.57 Å². The van der Waals surface area contributed by atoms with Crippen molar-refractivity contribution >= 4 is 32.6 Å². The minimum atomic E-state index is 0.931. The molecule has 47 heavy (non-hydrogen) atoms. The van der Waals surface area contributed by atoms with E-state index in [0.717, 1.165) is 28.1 Å². The molecule has 220 valence electrons. The fraction of sp³-hybridized carbons (Fsp3) is 0. The van der Waals surface area contributed by atoms with Crippen LogP contribution in [0.25, 0.3) is 83.0 Å². The van der Waals surface area contributed by atoms with Crippen molar-refractivity contribution in [2.45, 2.75) is 0 Å². The molecule has 1 aromatic heterocycles. The fourth-order valence-corrected chi connectivity index (χ4v) is 7.06. The molecule has 8 aromatic carbocycles. The summed E-state index contributed by atoms with van der Waals surface area (Å²) in [7, 11) is 0. The lowest BCUT2D eigenvalue weighted by Crippen LogP contribution is -1.98. The van der Waals surface area contributed by atoms with Crippen molar-refractivity contribution in [2.24, 2.45) is 0 Å². The highest BCUT2D eigenvalue weighted by Crippen LogP contribution is 2.45. The molecule has 0 unspecified atom stereocenters. The topological polar surface area (TPSA) is 17.8 Å². The normalized spacial score (nSPS) is 11.4. The maximum absolute atomic E-state index is 5.21. The first kappa shape index (κ1) is 27.1. The monoisotopic (exact) mass is 598 g/mol. The van der Waals surface area contributed by atoms with Crippen LogP contribution in [-0.4, -0.2) is 9.55 Å². The Balaban J connectivity index is 1.34. The maximum Gasteiger partial charge on any atom is 0.145 e. The first-order valence-electron chi connectivity index (χ1n) is 16.1. The standard InChI is InChI=1S/C45H30N2/c1-4-14-31(15-5-1)32-24-26-34(27-25-32)43-37-20-10-11-21-38(37)44(33-16-6-2-7-17-33)40-30-35(28-29-39(40)43)45-46-41-22-12-13-23-42(41)47(45)36-18-8-3-9-19-36/h1-30H. The molecular formula is C45H30N2. The van der Waals surface area contributed by atoms with Gasteiger partial charge in [-0.25, -0.2) is 4.98 Å². The minimum absolute atomic E-state index is 0.931. The van der Waals surface area contributed by atoms with E-state index in [1.807, 2.05) is 0 Å². The number of nitrogens with zero attached hydrogens (tertiary/aromatic N) is 2. The number of para-hydroxylation sites is 3. The molecule has 9 aromatic rings. The Morgan fingerprint density at radius 2 is 0.809 bits per heavy atom. The van der Waals surface area contributed by atoms with Gasteiger partial charge in [-0.1, -0.05) is 152 Å². The second kappa shape index (κ2) is 11.3. The van der Waals surface area contributed by atoms with E-state index in [-0.39, 0.29) is 0 Å². The second-order valence-corrected chi connectivity index (χ2v) is 12.0. The van der Waals surface area contributed by atoms with Gasteiger partial charge in [-0.15, -0.1) is 0 Å². The molecule has 0 saturated heterocycles. The summed E-state index contributed by atoms with van der Waals surface area (Å²) in [5.41, 5.74) is 11.6. The third kappa shape index (κ3) is 4.62. The van der Waals surface area contributed by atoms with Crippen molar-refractivity contribution < 1.29 is 0 Å². The molecule has 0 spiro atoms. The molecule has 0 amide bonds. The van der Waals surface area contributed by atoms with E-state index in [1.54, 1.807) is 0 Å². The number of aromatic nitrogens is 2. The molecule has 2 nitrogen and oxygen atoms in total. The van der Waals surface area contributed by atoms with Crippen molar-refractivity contribution in [1.82, 2.24) is 9.55 Å². The number of fused-ring (bicyclic) bond motifs is 3. The zero-order chi connectivity index (χ0) is 31.2. The first-order valence-corrected chi connectivity index (χ1v) is 16.1. The number of rotatable bonds is 5. The molecule has 0 radical (unpaired) electrons. The Kier molecular flexibility index (Phi) is 6.50. The van der Waals surface area contributed by atoms with Crippen LogP contribution in [0.4, 0.5) is 0 Å². The average Bonchev–Trinajstić information content (AvgIpc) is 3.54. The van der Waals surface area contributed by atoms with Gasteiger partial charge in [-0.05, 0) is 85.3 Å². The van der Waals surface area contributed by atoms with Crippen molar-refractivity contribution in [2.75, 3.05) is 0 Å². The summed E-state index contributed by atoms with van der Waals surface area (Å²) >= 11 is 0. The average molecular weight is 599 g/mol. The Morgan fingerprint density at radius 1 is 0.340 bits per heavy atom. The van der Waals surface area contributed by atoms with Crippen molar-refractivity contribution in [1.29, 1.82) is 0 Å². The molecular weight excluding hydrogens is 569 g/mol. The molecule has 0 N–H and O–H groups in total. The zero-order valence-corrected chi connectivity index (χ0v) is 25.7. The van der Waals surface area contributed by atoms with Crippen LogP contribution in [0.15, 0.2) is 182 Å². The predicted molar refractivity (Wildman–Crippen MR) is 198 cm³/mol. The smallest absolute Gasteiger partial charge is 0.145 e. The second-order valence-electron chi connectivity index (χ2n) is 12.0. The fourth-order valence-electron chi connectivity index (χ4n) is 7.06. The molecule has 1 heterocycles. The van der Waals surface area contributed by atoms with Crippen LogP contribution in [0.1, 0.15) is 0 Å². The molecule has 0 saturated carbocycles. The number of hydrogen-bond donors (Lipinski definition) is 0. The van der Waals surface area contributed by atoms with E-state index in [1.165, 1.54) is 54.9 Å². The lowest BCUT2D eigenvalue weighted by Gasteiger charge is -2.19. The van der Waals surface area contributed by atoms with Gasteiger partial charge in [0.1, 0.15) is 5.82 Å². The van der Waals surface area contributed by atoms with Gasteiger partial charge in [0, 0.05) is 11.3 Å². The summed E-state index contributed by atoms with van der Waals surface area (Å²) in [6.45, 7) is 0. The SMILES string of the molecule is c1ccc(-c2ccc(-c3c4ccccc4c(-c4ccccc4)c4cc(-c5nc6ccccc6n5-c5ccccc5)ccc34)cc2)cc1. The van der Waals surface area contributed by atoms with Crippen molar-refractivity contribution in [3.63, 3.8) is 0 Å². The summed E-state index contributed by atoms with van der Waals surface area (Å²) in [6, 6.07) is 65.1. The number of hydrogen-bond acceptors (Lipinski definition) is 1. The lowest BCUT2D eigenvalue weighted by atomic mass is 9.85. The van der Waals surface area contributed by atoms with Gasteiger partial charge in [-0.2, -0.15) is 0 Å². The van der Waals surface area contributed by atoms with Crippen LogP contribution in [0.2, 0.25) is 0 Å². The van der Waals surface area contributed by atoms with E-state index >= 15 is 0 Å². The van der Waals surface area contributed by atoms with Gasteiger partial charge < -0.3 is 0 Å².